The first-order valence-corrected chi connectivity index (χ1v) is 8.57. The van der Waals surface area contributed by atoms with E-state index < -0.39 is 9.28 Å². The Morgan fingerprint density at radius 2 is 1.09 bits per heavy atom. The van der Waals surface area contributed by atoms with Crippen LogP contribution in [-0.4, -0.2) is 9.28 Å². The molecule has 0 N–H and O–H groups in total. The lowest BCUT2D eigenvalue weighted by Crippen LogP contribution is -2.23. The molecule has 0 saturated carbocycles. The molecule has 0 atom stereocenters. The number of allylic oxidation sites excluding steroid dienone is 1. The van der Waals surface area contributed by atoms with Gasteiger partial charge < -0.3 is 8.85 Å². The van der Waals surface area contributed by atoms with Crippen LogP contribution in [0.2, 0.25) is 0 Å². The Kier molecular flexibility index (Phi) is 5.39. The van der Waals surface area contributed by atoms with Crippen LogP contribution in [0.1, 0.15) is 18.1 Å². The second kappa shape index (κ2) is 7.48. The fourth-order valence-corrected chi connectivity index (χ4v) is 3.11. The van der Waals surface area contributed by atoms with Crippen molar-refractivity contribution in [1.29, 1.82) is 0 Å². The summed E-state index contributed by atoms with van der Waals surface area (Å²) in [4.78, 5) is 0. The van der Waals surface area contributed by atoms with Gasteiger partial charge in [-0.15, -0.1) is 0 Å². The molecule has 3 heteroatoms. The van der Waals surface area contributed by atoms with E-state index in [1.165, 1.54) is 0 Å². The third kappa shape index (κ3) is 4.23. The molecule has 0 bridgehead atoms. The minimum absolute atomic E-state index is 0.598. The number of rotatable bonds is 7. The van der Waals surface area contributed by atoms with Crippen molar-refractivity contribution in [3.8, 4) is 0 Å². The second-order valence-corrected chi connectivity index (χ2v) is 7.11. The molecule has 0 fully saturated rings. The largest absolute Gasteiger partial charge is 0.511 e. The van der Waals surface area contributed by atoms with Crippen molar-refractivity contribution < 1.29 is 8.85 Å². The molecular formula is C19H20O2Si. The quantitative estimate of drug-likeness (QED) is 0.545. The van der Waals surface area contributed by atoms with Crippen LogP contribution in [0.5, 0.6) is 0 Å². The first kappa shape index (κ1) is 15.9. The molecular weight excluding hydrogens is 288 g/mol. The van der Waals surface area contributed by atoms with E-state index in [2.05, 4.69) is 19.7 Å². The fourth-order valence-electron chi connectivity index (χ4n) is 1.87. The van der Waals surface area contributed by atoms with E-state index in [0.29, 0.717) is 11.5 Å². The summed E-state index contributed by atoms with van der Waals surface area (Å²) < 4.78 is 11.9. The molecule has 2 aromatic carbocycles. The Morgan fingerprint density at radius 1 is 0.727 bits per heavy atom. The van der Waals surface area contributed by atoms with Crippen molar-refractivity contribution in [2.45, 2.75) is 6.92 Å². The Bertz CT molecular complexity index is 609. The topological polar surface area (TPSA) is 18.5 Å². The van der Waals surface area contributed by atoms with Gasteiger partial charge in [0, 0.05) is 11.1 Å². The standard InChI is InChI=1S/C19H20O2Si/c1-15(2)22(20-16(3)18-11-7-5-8-12-18)21-17(4)19-13-9-6-10-14-19/h5-14,22H,1,3-4H2,2H3. The predicted octanol–water partition coefficient (Wildman–Crippen LogP) is 4.70. The average Bonchev–Trinajstić information content (AvgIpc) is 2.55. The van der Waals surface area contributed by atoms with Gasteiger partial charge in [-0.25, -0.2) is 0 Å². The van der Waals surface area contributed by atoms with Gasteiger partial charge in [0.2, 0.25) is 0 Å². The molecule has 0 aromatic heterocycles. The van der Waals surface area contributed by atoms with Crippen LogP contribution in [0.3, 0.4) is 0 Å². The van der Waals surface area contributed by atoms with E-state index in [0.717, 1.165) is 16.3 Å². The van der Waals surface area contributed by atoms with Crippen LogP contribution >= 0.6 is 0 Å². The summed E-state index contributed by atoms with van der Waals surface area (Å²) in [6.07, 6.45) is 0. The minimum Gasteiger partial charge on any atom is -0.511 e. The Labute approximate surface area is 133 Å². The third-order valence-electron chi connectivity index (χ3n) is 3.09. The summed E-state index contributed by atoms with van der Waals surface area (Å²) in [5, 5.41) is 0.883. The molecule has 0 heterocycles. The highest BCUT2D eigenvalue weighted by atomic mass is 28.3. The zero-order valence-electron chi connectivity index (χ0n) is 12.8. The molecule has 0 radical (unpaired) electrons. The molecule has 0 spiro atoms. The summed E-state index contributed by atoms with van der Waals surface area (Å²) >= 11 is 0. The highest BCUT2D eigenvalue weighted by Crippen LogP contribution is 2.21. The molecule has 0 saturated heterocycles. The monoisotopic (exact) mass is 308 g/mol. The number of hydrogen-bond donors (Lipinski definition) is 0. The molecule has 2 aromatic rings. The van der Waals surface area contributed by atoms with E-state index in [9.17, 15) is 0 Å². The lowest BCUT2D eigenvalue weighted by molar-refractivity contribution is 0.387. The Hall–Kier alpha value is -2.52. The number of benzene rings is 2. The maximum atomic E-state index is 5.95. The van der Waals surface area contributed by atoms with Crippen molar-refractivity contribution in [2.24, 2.45) is 0 Å². The molecule has 0 unspecified atom stereocenters. The van der Waals surface area contributed by atoms with Crippen LogP contribution in [0, 0.1) is 0 Å². The van der Waals surface area contributed by atoms with E-state index in [4.69, 9.17) is 8.85 Å². The summed E-state index contributed by atoms with van der Waals surface area (Å²) in [5.41, 5.74) is 1.88. The molecule has 0 aliphatic heterocycles. The minimum atomic E-state index is -2.16. The Morgan fingerprint density at radius 3 is 1.41 bits per heavy atom. The smallest absolute Gasteiger partial charge is 0.474 e. The van der Waals surface area contributed by atoms with Crippen LogP contribution in [0.15, 0.2) is 85.6 Å². The zero-order valence-corrected chi connectivity index (χ0v) is 13.9. The average molecular weight is 308 g/mol. The number of hydrogen-bond acceptors (Lipinski definition) is 2. The van der Waals surface area contributed by atoms with Gasteiger partial charge in [0.15, 0.2) is 0 Å². The van der Waals surface area contributed by atoms with Crippen LogP contribution < -0.4 is 0 Å². The van der Waals surface area contributed by atoms with Crippen LogP contribution in [-0.2, 0) is 8.85 Å². The van der Waals surface area contributed by atoms with Crippen molar-refractivity contribution in [3.63, 3.8) is 0 Å². The van der Waals surface area contributed by atoms with E-state index in [1.54, 1.807) is 0 Å². The molecule has 0 amide bonds. The summed E-state index contributed by atoms with van der Waals surface area (Å²) in [6.45, 7) is 13.9. The van der Waals surface area contributed by atoms with Crippen molar-refractivity contribution in [2.75, 3.05) is 0 Å². The molecule has 2 nitrogen and oxygen atoms in total. The van der Waals surface area contributed by atoms with Crippen LogP contribution in [0.25, 0.3) is 11.5 Å². The fraction of sp³-hybridized carbons (Fsp3) is 0.0526. The van der Waals surface area contributed by atoms with Crippen LogP contribution in [0.4, 0.5) is 0 Å². The van der Waals surface area contributed by atoms with E-state index in [1.807, 2.05) is 67.6 Å². The highest BCUT2D eigenvalue weighted by molar-refractivity contribution is 6.55. The van der Waals surface area contributed by atoms with E-state index >= 15 is 0 Å². The van der Waals surface area contributed by atoms with Gasteiger partial charge in [-0.3, -0.25) is 0 Å². The first-order chi connectivity index (χ1) is 10.6. The van der Waals surface area contributed by atoms with Gasteiger partial charge in [0.05, 0.1) is 0 Å². The third-order valence-corrected chi connectivity index (χ3v) is 4.89. The van der Waals surface area contributed by atoms with E-state index in [-0.39, 0.29) is 0 Å². The SMILES string of the molecule is C=C(O[SiH](OC(=C)c1ccccc1)C(=C)C)c1ccccc1. The van der Waals surface area contributed by atoms with Crippen molar-refractivity contribution in [3.05, 3.63) is 96.7 Å². The molecule has 112 valence electrons. The van der Waals surface area contributed by atoms with Gasteiger partial charge in [-0.2, -0.15) is 0 Å². The predicted molar refractivity (Wildman–Crippen MR) is 95.1 cm³/mol. The maximum Gasteiger partial charge on any atom is 0.474 e. The van der Waals surface area contributed by atoms with Crippen molar-refractivity contribution >= 4 is 20.8 Å². The zero-order chi connectivity index (χ0) is 15.9. The highest BCUT2D eigenvalue weighted by Gasteiger charge is 2.20. The second-order valence-electron chi connectivity index (χ2n) is 4.99. The van der Waals surface area contributed by atoms with Gasteiger partial charge in [0.25, 0.3) is 0 Å². The van der Waals surface area contributed by atoms with Gasteiger partial charge in [-0.05, 0) is 12.1 Å². The normalized spacial score (nSPS) is 10.1. The van der Waals surface area contributed by atoms with Gasteiger partial charge in [0.1, 0.15) is 11.5 Å². The molecule has 22 heavy (non-hydrogen) atoms. The molecule has 0 aliphatic carbocycles. The summed E-state index contributed by atoms with van der Waals surface area (Å²) in [7, 11) is -2.16. The van der Waals surface area contributed by atoms with Gasteiger partial charge in [-0.1, -0.05) is 80.4 Å². The molecule has 2 rings (SSSR count). The van der Waals surface area contributed by atoms with Gasteiger partial charge >= 0.3 is 9.28 Å². The first-order valence-electron chi connectivity index (χ1n) is 7.05. The lowest BCUT2D eigenvalue weighted by Gasteiger charge is -2.21. The molecule has 0 aliphatic rings. The van der Waals surface area contributed by atoms with Crippen molar-refractivity contribution in [1.82, 2.24) is 0 Å². The lowest BCUT2D eigenvalue weighted by atomic mass is 10.2. The summed E-state index contributed by atoms with van der Waals surface area (Å²) in [6, 6.07) is 19.5. The maximum absolute atomic E-state index is 5.95. The Balaban J connectivity index is 2.06. The summed E-state index contributed by atoms with van der Waals surface area (Å²) in [5.74, 6) is 1.20.